The standard InChI is InChI=1S/C9H15F3N2O3/c1-2-6(7(15)16)14-8(17)13-5-3-4-9(10,11)12/h6H,2-5H2,1H3,(H,15,16)(H2,13,14,17)/t6-/m1/s1. The smallest absolute Gasteiger partial charge is 0.389 e. The van der Waals surface area contributed by atoms with E-state index in [-0.39, 0.29) is 19.4 Å². The fourth-order valence-electron chi connectivity index (χ4n) is 1.04. The number of carbonyl (C=O) groups excluding carboxylic acids is 1. The van der Waals surface area contributed by atoms with Crippen LogP contribution in [0.5, 0.6) is 0 Å². The second-order valence-corrected chi connectivity index (χ2v) is 3.42. The highest BCUT2D eigenvalue weighted by Gasteiger charge is 2.26. The van der Waals surface area contributed by atoms with E-state index in [1.165, 1.54) is 0 Å². The van der Waals surface area contributed by atoms with Gasteiger partial charge >= 0.3 is 18.2 Å². The van der Waals surface area contributed by atoms with E-state index in [0.717, 1.165) is 0 Å². The average Bonchev–Trinajstić information content (AvgIpc) is 2.19. The van der Waals surface area contributed by atoms with Crippen LogP contribution in [0.3, 0.4) is 0 Å². The van der Waals surface area contributed by atoms with Gasteiger partial charge in [-0.15, -0.1) is 0 Å². The highest BCUT2D eigenvalue weighted by Crippen LogP contribution is 2.20. The number of aliphatic carboxylic acids is 1. The number of carboxylic acid groups (broad SMARTS) is 1. The van der Waals surface area contributed by atoms with Crippen molar-refractivity contribution in [1.82, 2.24) is 10.6 Å². The fraction of sp³-hybridized carbons (Fsp3) is 0.778. The minimum Gasteiger partial charge on any atom is -0.480 e. The predicted octanol–water partition coefficient (Wildman–Crippen LogP) is 1.49. The van der Waals surface area contributed by atoms with Crippen LogP contribution in [0.25, 0.3) is 0 Å². The van der Waals surface area contributed by atoms with Gasteiger partial charge in [0.15, 0.2) is 0 Å². The molecule has 0 unspecified atom stereocenters. The lowest BCUT2D eigenvalue weighted by Gasteiger charge is -2.13. The molecule has 0 aromatic rings. The molecule has 0 saturated heterocycles. The first kappa shape index (κ1) is 15.5. The van der Waals surface area contributed by atoms with E-state index in [2.05, 4.69) is 10.6 Å². The van der Waals surface area contributed by atoms with Crippen molar-refractivity contribution in [2.24, 2.45) is 0 Å². The number of rotatable bonds is 6. The lowest BCUT2D eigenvalue weighted by molar-refractivity contribution is -0.139. The molecule has 0 aliphatic rings. The summed E-state index contributed by atoms with van der Waals surface area (Å²) in [4.78, 5) is 21.6. The van der Waals surface area contributed by atoms with Gasteiger partial charge in [-0.1, -0.05) is 6.92 Å². The van der Waals surface area contributed by atoms with Crippen LogP contribution in [0.2, 0.25) is 0 Å². The van der Waals surface area contributed by atoms with Gasteiger partial charge in [-0.25, -0.2) is 9.59 Å². The van der Waals surface area contributed by atoms with Gasteiger partial charge in [-0.3, -0.25) is 0 Å². The molecule has 0 aliphatic heterocycles. The molecule has 3 N–H and O–H groups in total. The SMILES string of the molecule is CC[C@@H](NC(=O)NCCCC(F)(F)F)C(=O)O. The average molecular weight is 256 g/mol. The van der Waals surface area contributed by atoms with Crippen molar-refractivity contribution in [3.05, 3.63) is 0 Å². The summed E-state index contributed by atoms with van der Waals surface area (Å²) in [6.07, 6.45) is -5.26. The van der Waals surface area contributed by atoms with E-state index >= 15 is 0 Å². The van der Waals surface area contributed by atoms with Crippen LogP contribution in [0.15, 0.2) is 0 Å². The summed E-state index contributed by atoms with van der Waals surface area (Å²) >= 11 is 0. The molecule has 0 radical (unpaired) electrons. The first-order chi connectivity index (χ1) is 7.76. The van der Waals surface area contributed by atoms with Gasteiger partial charge in [0, 0.05) is 13.0 Å². The van der Waals surface area contributed by atoms with E-state index in [1.807, 2.05) is 0 Å². The largest absolute Gasteiger partial charge is 0.480 e. The van der Waals surface area contributed by atoms with Crippen LogP contribution in [0.1, 0.15) is 26.2 Å². The Hall–Kier alpha value is -1.47. The minimum atomic E-state index is -4.24. The van der Waals surface area contributed by atoms with Crippen molar-refractivity contribution in [3.63, 3.8) is 0 Å². The monoisotopic (exact) mass is 256 g/mol. The Morgan fingerprint density at radius 2 is 1.94 bits per heavy atom. The van der Waals surface area contributed by atoms with Crippen molar-refractivity contribution >= 4 is 12.0 Å². The van der Waals surface area contributed by atoms with Gasteiger partial charge in [-0.05, 0) is 12.8 Å². The molecular weight excluding hydrogens is 241 g/mol. The zero-order valence-corrected chi connectivity index (χ0v) is 9.30. The van der Waals surface area contributed by atoms with Crippen molar-refractivity contribution in [3.8, 4) is 0 Å². The molecule has 0 aromatic heterocycles. The van der Waals surface area contributed by atoms with E-state index in [9.17, 15) is 22.8 Å². The molecule has 2 amide bonds. The zero-order chi connectivity index (χ0) is 13.5. The lowest BCUT2D eigenvalue weighted by Crippen LogP contribution is -2.45. The fourth-order valence-corrected chi connectivity index (χ4v) is 1.04. The lowest BCUT2D eigenvalue weighted by atomic mass is 10.2. The molecule has 5 nitrogen and oxygen atoms in total. The van der Waals surface area contributed by atoms with Crippen LogP contribution in [-0.2, 0) is 4.79 Å². The molecule has 0 spiro atoms. The molecule has 0 aromatic carbocycles. The van der Waals surface area contributed by atoms with E-state index in [1.54, 1.807) is 6.92 Å². The highest BCUT2D eigenvalue weighted by molar-refractivity contribution is 5.82. The number of carbonyl (C=O) groups is 2. The number of carboxylic acids is 1. The van der Waals surface area contributed by atoms with E-state index in [0.29, 0.717) is 0 Å². The number of hydrogen-bond acceptors (Lipinski definition) is 2. The molecular formula is C9H15F3N2O3. The molecule has 17 heavy (non-hydrogen) atoms. The van der Waals surface area contributed by atoms with E-state index in [4.69, 9.17) is 5.11 Å². The Bertz CT molecular complexity index is 269. The van der Waals surface area contributed by atoms with Crippen LogP contribution in [0.4, 0.5) is 18.0 Å². The summed E-state index contributed by atoms with van der Waals surface area (Å²) in [5, 5.41) is 12.9. The second-order valence-electron chi connectivity index (χ2n) is 3.42. The van der Waals surface area contributed by atoms with Crippen LogP contribution >= 0.6 is 0 Å². The Morgan fingerprint density at radius 3 is 2.35 bits per heavy atom. The second kappa shape index (κ2) is 6.97. The molecule has 0 saturated carbocycles. The summed E-state index contributed by atoms with van der Waals surface area (Å²) in [5.41, 5.74) is 0. The van der Waals surface area contributed by atoms with Crippen molar-refractivity contribution < 1.29 is 27.9 Å². The first-order valence-corrected chi connectivity index (χ1v) is 5.10. The van der Waals surface area contributed by atoms with Crippen LogP contribution in [-0.4, -0.2) is 35.9 Å². The number of nitrogens with one attached hydrogen (secondary N) is 2. The van der Waals surface area contributed by atoms with Gasteiger partial charge in [0.25, 0.3) is 0 Å². The molecule has 0 rings (SSSR count). The summed E-state index contributed by atoms with van der Waals surface area (Å²) in [6, 6.07) is -1.81. The number of amides is 2. The Labute approximate surface area is 96.4 Å². The van der Waals surface area contributed by atoms with Crippen molar-refractivity contribution in [2.45, 2.75) is 38.4 Å². The molecule has 0 bridgehead atoms. The van der Waals surface area contributed by atoms with Crippen LogP contribution < -0.4 is 10.6 Å². The normalized spacial score (nSPS) is 12.9. The number of hydrogen-bond donors (Lipinski definition) is 3. The maximum Gasteiger partial charge on any atom is 0.389 e. The van der Waals surface area contributed by atoms with E-state index < -0.39 is 30.6 Å². The third-order valence-corrected chi connectivity index (χ3v) is 1.93. The summed E-state index contributed by atoms with van der Waals surface area (Å²) in [7, 11) is 0. The third kappa shape index (κ3) is 8.35. The van der Waals surface area contributed by atoms with Gasteiger partial charge < -0.3 is 15.7 Å². The third-order valence-electron chi connectivity index (χ3n) is 1.93. The highest BCUT2D eigenvalue weighted by atomic mass is 19.4. The maximum absolute atomic E-state index is 11.7. The number of urea groups is 1. The zero-order valence-electron chi connectivity index (χ0n) is 9.30. The minimum absolute atomic E-state index is 0.151. The Balaban J connectivity index is 3.77. The Kier molecular flexibility index (Phi) is 6.37. The molecule has 0 fully saturated rings. The predicted molar refractivity (Wildman–Crippen MR) is 53.5 cm³/mol. The number of halogens is 3. The maximum atomic E-state index is 11.7. The molecule has 0 aliphatic carbocycles. The summed E-state index contributed by atoms with van der Waals surface area (Å²) in [5.74, 6) is -1.18. The summed E-state index contributed by atoms with van der Waals surface area (Å²) in [6.45, 7) is 1.42. The summed E-state index contributed by atoms with van der Waals surface area (Å²) < 4.78 is 35.2. The van der Waals surface area contributed by atoms with Gasteiger partial charge in [0.2, 0.25) is 0 Å². The Morgan fingerprint density at radius 1 is 1.35 bits per heavy atom. The quantitative estimate of drug-likeness (QED) is 0.630. The van der Waals surface area contributed by atoms with Crippen molar-refractivity contribution in [2.75, 3.05) is 6.54 Å². The molecule has 1 atom stereocenters. The van der Waals surface area contributed by atoms with Gasteiger partial charge in [0.05, 0.1) is 0 Å². The topological polar surface area (TPSA) is 78.4 Å². The van der Waals surface area contributed by atoms with Crippen LogP contribution in [0, 0.1) is 0 Å². The number of alkyl halides is 3. The van der Waals surface area contributed by atoms with Crippen molar-refractivity contribution in [1.29, 1.82) is 0 Å². The molecule has 8 heteroatoms. The molecule has 100 valence electrons. The van der Waals surface area contributed by atoms with Gasteiger partial charge in [-0.2, -0.15) is 13.2 Å². The molecule has 0 heterocycles. The van der Waals surface area contributed by atoms with Gasteiger partial charge in [0.1, 0.15) is 6.04 Å². The first-order valence-electron chi connectivity index (χ1n) is 5.10.